The van der Waals surface area contributed by atoms with Crippen LogP contribution in [0.1, 0.15) is 48.7 Å². The fraction of sp³-hybridized carbons (Fsp3) is 0.379. The minimum absolute atomic E-state index is 0. The van der Waals surface area contributed by atoms with Crippen LogP contribution in [0.5, 0.6) is 5.75 Å². The fourth-order valence-electron chi connectivity index (χ4n) is 5.49. The van der Waals surface area contributed by atoms with Gasteiger partial charge in [0.05, 0.1) is 5.52 Å². The van der Waals surface area contributed by atoms with Crippen molar-refractivity contribution < 1.29 is 14.3 Å². The first-order valence-corrected chi connectivity index (χ1v) is 12.9. The van der Waals surface area contributed by atoms with Crippen LogP contribution in [-0.2, 0) is 4.74 Å². The van der Waals surface area contributed by atoms with Gasteiger partial charge in [-0.3, -0.25) is 4.79 Å². The summed E-state index contributed by atoms with van der Waals surface area (Å²) in [6, 6.07) is 18.6. The fourth-order valence-corrected chi connectivity index (χ4v) is 5.49. The van der Waals surface area contributed by atoms with Crippen molar-refractivity contribution >= 4 is 40.0 Å². The van der Waals surface area contributed by atoms with E-state index < -0.39 is 5.91 Å². The van der Waals surface area contributed by atoms with E-state index in [0.29, 0.717) is 11.6 Å². The Bertz CT molecular complexity index is 1430. The third-order valence-corrected chi connectivity index (χ3v) is 7.62. The first kappa shape index (κ1) is 25.5. The Morgan fingerprint density at radius 3 is 2.65 bits per heavy atom. The minimum atomic E-state index is -0.445. The summed E-state index contributed by atoms with van der Waals surface area (Å²) >= 11 is 0. The molecule has 2 N–H and O–H groups in total. The molecule has 4 aromatic rings. The number of nitrogens with zero attached hydrogens (tertiary/aromatic N) is 3. The molecule has 1 aromatic heterocycles. The summed E-state index contributed by atoms with van der Waals surface area (Å²) in [5.74, 6) is 0.449. The number of likely N-dealkylation sites (tertiary alicyclic amines) is 1. The van der Waals surface area contributed by atoms with E-state index in [9.17, 15) is 4.79 Å². The molecule has 7 nitrogen and oxygen atoms in total. The minimum Gasteiger partial charge on any atom is -0.492 e. The molecule has 2 fully saturated rings. The monoisotopic (exact) mass is 520 g/mol. The van der Waals surface area contributed by atoms with Crippen molar-refractivity contribution in [2.45, 2.75) is 44.4 Å². The average molecular weight is 521 g/mol. The summed E-state index contributed by atoms with van der Waals surface area (Å²) in [5, 5.41) is 8.13. The zero-order valence-corrected chi connectivity index (χ0v) is 21.9. The average Bonchev–Trinajstić information content (AvgIpc) is 3.50. The van der Waals surface area contributed by atoms with Crippen LogP contribution in [-0.4, -0.2) is 53.4 Å². The first-order valence-electron chi connectivity index (χ1n) is 12.9. The zero-order valence-electron chi connectivity index (χ0n) is 21.1. The Labute approximate surface area is 222 Å². The van der Waals surface area contributed by atoms with Gasteiger partial charge >= 0.3 is 0 Å². The predicted molar refractivity (Wildman–Crippen MR) is 148 cm³/mol. The van der Waals surface area contributed by atoms with Crippen LogP contribution in [0, 0.1) is 0 Å². The van der Waals surface area contributed by atoms with Gasteiger partial charge < -0.3 is 20.1 Å². The van der Waals surface area contributed by atoms with E-state index in [-0.39, 0.29) is 18.6 Å². The van der Waals surface area contributed by atoms with Crippen molar-refractivity contribution in [3.8, 4) is 17.0 Å². The molecule has 0 aliphatic carbocycles. The number of halogens is 1. The smallest absolute Gasteiger partial charge is 0.248 e. The summed E-state index contributed by atoms with van der Waals surface area (Å²) in [4.78, 5) is 14.3. The van der Waals surface area contributed by atoms with Crippen LogP contribution in [0.4, 0.5) is 0 Å². The third kappa shape index (κ3) is 5.04. The highest BCUT2D eigenvalue weighted by Gasteiger charge is 2.23. The van der Waals surface area contributed by atoms with Crippen LogP contribution in [0.25, 0.3) is 32.9 Å². The molecule has 2 atom stereocenters. The maximum absolute atomic E-state index is 11.9. The van der Waals surface area contributed by atoms with Crippen molar-refractivity contribution in [1.29, 1.82) is 0 Å². The molecular formula is C29H33ClN4O3. The molecule has 0 radical (unpaired) electrons. The number of aromatic nitrogens is 2. The second-order valence-corrected chi connectivity index (χ2v) is 10.0. The van der Waals surface area contributed by atoms with E-state index in [1.54, 1.807) is 6.07 Å². The molecule has 37 heavy (non-hydrogen) atoms. The summed E-state index contributed by atoms with van der Waals surface area (Å²) < 4.78 is 14.1. The van der Waals surface area contributed by atoms with Crippen molar-refractivity contribution in [2.24, 2.45) is 5.73 Å². The van der Waals surface area contributed by atoms with Gasteiger partial charge in [0.25, 0.3) is 0 Å². The molecule has 3 heterocycles. The second-order valence-electron chi connectivity index (χ2n) is 10.0. The van der Waals surface area contributed by atoms with E-state index in [4.69, 9.17) is 20.3 Å². The number of fused-ring (bicyclic) bond motifs is 2. The highest BCUT2D eigenvalue weighted by molar-refractivity contribution is 6.02. The number of primary amides is 1. The Morgan fingerprint density at radius 2 is 1.89 bits per heavy atom. The van der Waals surface area contributed by atoms with Crippen LogP contribution >= 0.6 is 12.4 Å². The number of hydrogen-bond acceptors (Lipinski definition) is 5. The summed E-state index contributed by atoms with van der Waals surface area (Å²) in [7, 11) is 2.17. The summed E-state index contributed by atoms with van der Waals surface area (Å²) in [6.45, 7) is 2.60. The van der Waals surface area contributed by atoms with Crippen LogP contribution in [0.15, 0.2) is 54.6 Å². The van der Waals surface area contributed by atoms with Crippen molar-refractivity contribution in [3.05, 3.63) is 60.2 Å². The van der Waals surface area contributed by atoms with Gasteiger partial charge in [0.1, 0.15) is 18.1 Å². The molecule has 1 amide bonds. The van der Waals surface area contributed by atoms with Gasteiger partial charge in [-0.2, -0.15) is 5.10 Å². The number of rotatable bonds is 6. The Balaban J connectivity index is 0.00000280. The molecule has 6 rings (SSSR count). The number of nitrogens with two attached hydrogens (primary N) is 1. The molecule has 3 aromatic carbocycles. The van der Waals surface area contributed by atoms with E-state index >= 15 is 0 Å². The van der Waals surface area contributed by atoms with Crippen molar-refractivity contribution in [3.63, 3.8) is 0 Å². The van der Waals surface area contributed by atoms with Gasteiger partial charge in [-0.1, -0.05) is 18.2 Å². The molecule has 0 bridgehead atoms. The molecule has 2 saturated heterocycles. The van der Waals surface area contributed by atoms with Crippen LogP contribution in [0.2, 0.25) is 0 Å². The van der Waals surface area contributed by atoms with Gasteiger partial charge in [0.15, 0.2) is 6.23 Å². The second kappa shape index (κ2) is 10.7. The van der Waals surface area contributed by atoms with E-state index in [0.717, 1.165) is 77.7 Å². The highest BCUT2D eigenvalue weighted by atomic mass is 35.5. The Kier molecular flexibility index (Phi) is 7.38. The first-order chi connectivity index (χ1) is 17.6. The van der Waals surface area contributed by atoms with Crippen molar-refractivity contribution in [2.75, 3.05) is 26.8 Å². The molecule has 8 heteroatoms. The maximum Gasteiger partial charge on any atom is 0.248 e. The SMILES string of the molecule is CN1CCCC1COc1ccc2cc(-c3nn([C@@H]4CCCCO4)c4ccc(C(N)=O)cc34)ccc2c1.Cl. The number of amides is 1. The number of carbonyl (C=O) groups is 1. The number of benzene rings is 3. The summed E-state index contributed by atoms with van der Waals surface area (Å²) in [5.41, 5.74) is 8.84. The zero-order chi connectivity index (χ0) is 24.6. The quantitative estimate of drug-likeness (QED) is 0.360. The lowest BCUT2D eigenvalue weighted by Crippen LogP contribution is -2.30. The van der Waals surface area contributed by atoms with Crippen LogP contribution < -0.4 is 10.5 Å². The molecule has 2 aliphatic heterocycles. The van der Waals surface area contributed by atoms with Gasteiger partial charge in [-0.15, -0.1) is 12.4 Å². The van der Waals surface area contributed by atoms with E-state index in [1.807, 2.05) is 22.9 Å². The molecular weight excluding hydrogens is 488 g/mol. The van der Waals surface area contributed by atoms with E-state index in [1.165, 1.54) is 12.8 Å². The van der Waals surface area contributed by atoms with E-state index in [2.05, 4.69) is 42.3 Å². The van der Waals surface area contributed by atoms with Crippen molar-refractivity contribution in [1.82, 2.24) is 14.7 Å². The largest absolute Gasteiger partial charge is 0.492 e. The predicted octanol–water partition coefficient (Wildman–Crippen LogP) is 5.55. The Morgan fingerprint density at radius 1 is 1.05 bits per heavy atom. The maximum atomic E-state index is 11.9. The molecule has 2 aliphatic rings. The molecule has 0 spiro atoms. The topological polar surface area (TPSA) is 82.6 Å². The number of ether oxygens (including phenoxy) is 2. The number of carbonyl (C=O) groups excluding carboxylic acids is 1. The van der Waals surface area contributed by atoms with Gasteiger partial charge in [-0.25, -0.2) is 4.68 Å². The summed E-state index contributed by atoms with van der Waals surface area (Å²) in [6.07, 6.45) is 5.43. The van der Waals surface area contributed by atoms with Gasteiger partial charge in [0, 0.05) is 29.2 Å². The third-order valence-electron chi connectivity index (χ3n) is 7.62. The molecule has 194 valence electrons. The normalized spacial score (nSPS) is 20.2. The lowest BCUT2D eigenvalue weighted by molar-refractivity contribution is -0.0365. The van der Waals surface area contributed by atoms with Gasteiger partial charge in [-0.05, 0) is 92.9 Å². The molecule has 1 unspecified atom stereocenters. The molecule has 0 saturated carbocycles. The lowest BCUT2D eigenvalue weighted by atomic mass is 10.0. The van der Waals surface area contributed by atoms with Crippen LogP contribution in [0.3, 0.4) is 0 Å². The lowest BCUT2D eigenvalue weighted by Gasteiger charge is -2.23. The Hall–Kier alpha value is -3.13. The highest BCUT2D eigenvalue weighted by Crippen LogP contribution is 2.35. The standard InChI is InChI=1S/C29H32N4O3.ClH/c1-32-13-4-5-23(32)18-36-24-11-9-19-15-21(8-7-20(19)16-24)28-25-17-22(29(30)34)10-12-26(25)33(31-28)27-6-2-3-14-35-27;/h7-12,15-17,23,27H,2-6,13-14,18H2,1H3,(H2,30,34);1H/t23?,27-;/m0./s1. The van der Waals surface area contributed by atoms with Gasteiger partial charge in [0.2, 0.25) is 5.91 Å². The number of likely N-dealkylation sites (N-methyl/N-ethyl adjacent to an activating group) is 1. The number of hydrogen-bond donors (Lipinski definition) is 1.